The van der Waals surface area contributed by atoms with E-state index in [4.69, 9.17) is 0 Å². The van der Waals surface area contributed by atoms with Crippen LogP contribution in [0.5, 0.6) is 0 Å². The van der Waals surface area contributed by atoms with Crippen LogP contribution >= 0.6 is 0 Å². The molecule has 41 heavy (non-hydrogen) atoms. The van der Waals surface area contributed by atoms with Crippen LogP contribution in [0.15, 0.2) is 139 Å². The number of hydrogen-bond acceptors (Lipinski definition) is 2. The Hall–Kier alpha value is -4.82. The average molecular weight is 535 g/mol. The third kappa shape index (κ3) is 5.60. The van der Waals surface area contributed by atoms with E-state index in [9.17, 15) is 0 Å². The van der Waals surface area contributed by atoms with E-state index in [0.717, 1.165) is 23.5 Å². The molecule has 0 saturated heterocycles. The van der Waals surface area contributed by atoms with Crippen LogP contribution in [0, 0.1) is 6.92 Å². The molecule has 5 aromatic carbocycles. The van der Waals surface area contributed by atoms with Crippen molar-refractivity contribution in [2.24, 2.45) is 0 Å². The lowest BCUT2D eigenvalue weighted by molar-refractivity contribution is 1.17. The van der Waals surface area contributed by atoms with Crippen LogP contribution in [0.3, 0.4) is 0 Å². The minimum absolute atomic E-state index is 0.894. The Morgan fingerprint density at radius 1 is 0.732 bits per heavy atom. The van der Waals surface area contributed by atoms with Gasteiger partial charge in [0.2, 0.25) is 0 Å². The molecule has 0 bridgehead atoms. The summed E-state index contributed by atoms with van der Waals surface area (Å²) in [6.07, 6.45) is 16.2. The molecule has 0 amide bonds. The van der Waals surface area contributed by atoms with Crippen molar-refractivity contribution < 1.29 is 0 Å². The van der Waals surface area contributed by atoms with Gasteiger partial charge in [-0.1, -0.05) is 129 Å². The molecule has 2 nitrogen and oxygen atoms in total. The molecule has 0 fully saturated rings. The summed E-state index contributed by atoms with van der Waals surface area (Å²) in [4.78, 5) is 2.41. The van der Waals surface area contributed by atoms with Crippen molar-refractivity contribution in [2.45, 2.75) is 34.1 Å². The SMILES string of the molecule is C/C=C\c1c(C)c(N(C2=CCC=CC=C2)c2ccccc2)c2ccccc2c1Nc1cccc2ccccc12.CC. The molecule has 2 heteroatoms. The summed E-state index contributed by atoms with van der Waals surface area (Å²) in [6.45, 7) is 8.34. The van der Waals surface area contributed by atoms with E-state index in [-0.39, 0.29) is 0 Å². The predicted octanol–water partition coefficient (Wildman–Crippen LogP) is 11.6. The Morgan fingerprint density at radius 2 is 1.41 bits per heavy atom. The summed E-state index contributed by atoms with van der Waals surface area (Å²) >= 11 is 0. The highest BCUT2D eigenvalue weighted by Gasteiger charge is 2.23. The summed E-state index contributed by atoms with van der Waals surface area (Å²) < 4.78 is 0. The lowest BCUT2D eigenvalue weighted by Gasteiger charge is -2.31. The Balaban J connectivity index is 0.00000165. The maximum absolute atomic E-state index is 3.87. The van der Waals surface area contributed by atoms with Gasteiger partial charge in [-0.05, 0) is 55.5 Å². The number of allylic oxidation sites excluding steroid dienone is 6. The largest absolute Gasteiger partial charge is 0.354 e. The standard InChI is InChI=1S/C37H32N2.C2H6/c1-3-16-31-27(2)37(39(30-21-9-6-10-22-30)29-19-7-4-5-8-20-29)34-25-14-13-24-33(34)36(31)38-35-26-15-18-28-17-11-12-23-32(28)35;1-2/h3-7,9-26,38H,8H2,1-2H3;1-2H3/b16-3-;. The van der Waals surface area contributed by atoms with E-state index in [1.54, 1.807) is 0 Å². The quantitative estimate of drug-likeness (QED) is 0.233. The molecule has 0 heterocycles. The van der Waals surface area contributed by atoms with Crippen molar-refractivity contribution in [3.05, 3.63) is 150 Å². The number of para-hydroxylation sites is 1. The first kappa shape index (κ1) is 27.7. The predicted molar refractivity (Wildman–Crippen MR) is 182 cm³/mol. The second kappa shape index (κ2) is 13.0. The number of benzene rings is 5. The molecule has 6 rings (SSSR count). The zero-order valence-corrected chi connectivity index (χ0v) is 24.4. The Kier molecular flexibility index (Phi) is 8.81. The van der Waals surface area contributed by atoms with Crippen LogP contribution in [-0.4, -0.2) is 0 Å². The number of hydrogen-bond donors (Lipinski definition) is 1. The van der Waals surface area contributed by atoms with Crippen LogP contribution in [0.25, 0.3) is 27.6 Å². The summed E-state index contributed by atoms with van der Waals surface area (Å²) in [5, 5.41) is 8.71. The van der Waals surface area contributed by atoms with E-state index in [1.165, 1.54) is 44.1 Å². The number of anilines is 4. The number of fused-ring (bicyclic) bond motifs is 2. The zero-order chi connectivity index (χ0) is 28.6. The normalized spacial score (nSPS) is 12.6. The number of rotatable bonds is 6. The van der Waals surface area contributed by atoms with Crippen molar-refractivity contribution in [1.29, 1.82) is 0 Å². The van der Waals surface area contributed by atoms with Crippen LogP contribution in [0.1, 0.15) is 38.3 Å². The van der Waals surface area contributed by atoms with Crippen molar-refractivity contribution in [3.8, 4) is 0 Å². The fourth-order valence-corrected chi connectivity index (χ4v) is 5.55. The molecular weight excluding hydrogens is 496 g/mol. The molecule has 1 aliphatic rings. The van der Waals surface area contributed by atoms with Gasteiger partial charge in [0, 0.05) is 38.8 Å². The third-order valence-corrected chi connectivity index (χ3v) is 7.34. The van der Waals surface area contributed by atoms with Gasteiger partial charge in [0.05, 0.1) is 11.4 Å². The number of nitrogens with one attached hydrogen (secondary N) is 1. The van der Waals surface area contributed by atoms with Crippen molar-refractivity contribution in [2.75, 3.05) is 10.2 Å². The average Bonchev–Trinajstić information content (AvgIpc) is 3.32. The van der Waals surface area contributed by atoms with E-state index in [1.807, 2.05) is 13.8 Å². The first-order valence-electron chi connectivity index (χ1n) is 14.6. The van der Waals surface area contributed by atoms with E-state index >= 15 is 0 Å². The Labute approximate surface area is 244 Å². The van der Waals surface area contributed by atoms with Crippen LogP contribution in [0.2, 0.25) is 0 Å². The maximum atomic E-state index is 3.87. The van der Waals surface area contributed by atoms with Crippen molar-refractivity contribution in [1.82, 2.24) is 0 Å². The molecule has 1 N–H and O–H groups in total. The van der Waals surface area contributed by atoms with Crippen LogP contribution in [-0.2, 0) is 0 Å². The van der Waals surface area contributed by atoms with Crippen molar-refractivity contribution >= 4 is 50.4 Å². The Morgan fingerprint density at radius 3 is 2.20 bits per heavy atom. The van der Waals surface area contributed by atoms with Gasteiger partial charge in [-0.25, -0.2) is 0 Å². The topological polar surface area (TPSA) is 15.3 Å². The summed E-state index contributed by atoms with van der Waals surface area (Å²) in [6, 6.07) is 34.5. The molecule has 0 saturated carbocycles. The fraction of sp³-hybridized carbons (Fsp3) is 0.128. The Bertz CT molecular complexity index is 1770. The second-order valence-corrected chi connectivity index (χ2v) is 9.78. The number of nitrogens with zero attached hydrogens (tertiary/aromatic N) is 1. The van der Waals surface area contributed by atoms with Crippen LogP contribution in [0.4, 0.5) is 22.7 Å². The lowest BCUT2D eigenvalue weighted by atomic mass is 9.94. The minimum Gasteiger partial charge on any atom is -0.354 e. The van der Waals surface area contributed by atoms with E-state index < -0.39 is 0 Å². The molecular formula is C39H38N2. The van der Waals surface area contributed by atoms with Gasteiger partial charge in [0.25, 0.3) is 0 Å². The zero-order valence-electron chi connectivity index (χ0n) is 24.4. The molecule has 0 spiro atoms. The molecule has 0 aliphatic heterocycles. The van der Waals surface area contributed by atoms with E-state index in [0.29, 0.717) is 0 Å². The fourth-order valence-electron chi connectivity index (χ4n) is 5.55. The van der Waals surface area contributed by atoms with Gasteiger partial charge >= 0.3 is 0 Å². The molecule has 0 radical (unpaired) electrons. The van der Waals surface area contributed by atoms with Gasteiger partial charge in [-0.15, -0.1) is 0 Å². The minimum atomic E-state index is 0.894. The van der Waals surface area contributed by atoms with E-state index in [2.05, 4.69) is 164 Å². The maximum Gasteiger partial charge on any atom is 0.0576 e. The van der Waals surface area contributed by atoms with Gasteiger partial charge < -0.3 is 10.2 Å². The molecule has 0 aromatic heterocycles. The lowest BCUT2D eigenvalue weighted by Crippen LogP contribution is -2.17. The second-order valence-electron chi connectivity index (χ2n) is 9.78. The highest BCUT2D eigenvalue weighted by atomic mass is 15.2. The molecule has 204 valence electrons. The van der Waals surface area contributed by atoms with Gasteiger partial charge in [0.15, 0.2) is 0 Å². The summed E-state index contributed by atoms with van der Waals surface area (Å²) in [5.41, 5.74) is 8.16. The first-order chi connectivity index (χ1) is 20.3. The highest BCUT2D eigenvalue weighted by Crippen LogP contribution is 2.45. The molecule has 1 aliphatic carbocycles. The molecule has 0 unspecified atom stereocenters. The third-order valence-electron chi connectivity index (χ3n) is 7.34. The van der Waals surface area contributed by atoms with Crippen LogP contribution < -0.4 is 10.2 Å². The van der Waals surface area contributed by atoms with Crippen molar-refractivity contribution in [3.63, 3.8) is 0 Å². The van der Waals surface area contributed by atoms with Gasteiger partial charge in [-0.3, -0.25) is 0 Å². The summed E-state index contributed by atoms with van der Waals surface area (Å²) in [5.74, 6) is 0. The van der Waals surface area contributed by atoms with Gasteiger partial charge in [-0.2, -0.15) is 0 Å². The highest BCUT2D eigenvalue weighted by molar-refractivity contribution is 6.11. The smallest absolute Gasteiger partial charge is 0.0576 e. The first-order valence-corrected chi connectivity index (χ1v) is 14.6. The molecule has 5 aromatic rings. The molecule has 0 atom stereocenters. The monoisotopic (exact) mass is 534 g/mol. The summed E-state index contributed by atoms with van der Waals surface area (Å²) in [7, 11) is 0. The van der Waals surface area contributed by atoms with Gasteiger partial charge in [0.1, 0.15) is 0 Å².